The number of carbonyl (C=O) groups is 1. The van der Waals surface area contributed by atoms with Crippen molar-refractivity contribution in [1.29, 1.82) is 0 Å². The number of piperidine rings is 1. The molecule has 2 aromatic rings. The van der Waals surface area contributed by atoms with E-state index in [0.717, 1.165) is 44.5 Å². The number of rotatable bonds is 4. The van der Waals surface area contributed by atoms with Gasteiger partial charge in [-0.25, -0.2) is 0 Å². The summed E-state index contributed by atoms with van der Waals surface area (Å²) in [6.07, 6.45) is 6.32. The van der Waals surface area contributed by atoms with Crippen molar-refractivity contribution in [3.05, 3.63) is 30.4 Å². The first-order valence-corrected chi connectivity index (χ1v) is 9.15. The molecule has 0 aliphatic carbocycles. The van der Waals surface area contributed by atoms with Crippen LogP contribution in [0.3, 0.4) is 0 Å². The molecule has 8 heteroatoms. The minimum Gasteiger partial charge on any atom is -0.379 e. The number of hydrogen-bond acceptors (Lipinski definition) is 7. The molecular formula is C18H23N5O3. The summed E-state index contributed by atoms with van der Waals surface area (Å²) in [5, 5.41) is 4.09. The molecule has 2 fully saturated rings. The van der Waals surface area contributed by atoms with E-state index < -0.39 is 0 Å². The second kappa shape index (κ2) is 7.92. The van der Waals surface area contributed by atoms with Crippen molar-refractivity contribution in [2.24, 2.45) is 0 Å². The number of hydrogen-bond donors (Lipinski definition) is 0. The molecule has 4 rings (SSSR count). The lowest BCUT2D eigenvalue weighted by molar-refractivity contribution is -0.138. The number of carbonyl (C=O) groups excluding carboxylic acids is 1. The fourth-order valence-corrected chi connectivity index (χ4v) is 3.52. The average Bonchev–Trinajstić information content (AvgIpc) is 3.19. The lowest BCUT2D eigenvalue weighted by atomic mass is 10.0. The zero-order chi connectivity index (χ0) is 17.8. The van der Waals surface area contributed by atoms with E-state index in [1.807, 2.05) is 17.0 Å². The fourth-order valence-electron chi connectivity index (χ4n) is 3.52. The van der Waals surface area contributed by atoms with Gasteiger partial charge in [-0.3, -0.25) is 14.7 Å². The molecule has 0 radical (unpaired) electrons. The van der Waals surface area contributed by atoms with Gasteiger partial charge in [-0.1, -0.05) is 5.16 Å². The van der Waals surface area contributed by atoms with Gasteiger partial charge < -0.3 is 14.2 Å². The largest absolute Gasteiger partial charge is 0.379 e. The molecule has 0 saturated carbocycles. The zero-order valence-electron chi connectivity index (χ0n) is 14.7. The van der Waals surface area contributed by atoms with E-state index in [1.54, 1.807) is 12.4 Å². The molecule has 0 bridgehead atoms. The van der Waals surface area contributed by atoms with Gasteiger partial charge >= 0.3 is 0 Å². The predicted molar refractivity (Wildman–Crippen MR) is 93.1 cm³/mol. The van der Waals surface area contributed by atoms with Gasteiger partial charge in [0.15, 0.2) is 0 Å². The van der Waals surface area contributed by atoms with Gasteiger partial charge in [0, 0.05) is 37.6 Å². The Morgan fingerprint density at radius 1 is 1.15 bits per heavy atom. The van der Waals surface area contributed by atoms with Gasteiger partial charge in [-0.15, -0.1) is 0 Å². The Balaban J connectivity index is 1.48. The van der Waals surface area contributed by atoms with E-state index in [-0.39, 0.29) is 11.9 Å². The second-order valence-corrected chi connectivity index (χ2v) is 6.68. The van der Waals surface area contributed by atoms with Crippen molar-refractivity contribution in [2.75, 3.05) is 39.4 Å². The molecule has 0 N–H and O–H groups in total. The van der Waals surface area contributed by atoms with Crippen molar-refractivity contribution >= 4 is 5.91 Å². The van der Waals surface area contributed by atoms with E-state index >= 15 is 0 Å². The van der Waals surface area contributed by atoms with E-state index in [1.165, 1.54) is 0 Å². The van der Waals surface area contributed by atoms with Crippen LogP contribution in [0.4, 0.5) is 0 Å². The summed E-state index contributed by atoms with van der Waals surface area (Å²) >= 11 is 0. The maximum absolute atomic E-state index is 12.9. The van der Waals surface area contributed by atoms with Crippen LogP contribution in [0.25, 0.3) is 11.4 Å². The third-order valence-electron chi connectivity index (χ3n) is 4.95. The van der Waals surface area contributed by atoms with Crippen LogP contribution in [0.1, 0.15) is 31.2 Å². The van der Waals surface area contributed by atoms with Gasteiger partial charge in [0.2, 0.25) is 17.6 Å². The molecule has 2 aromatic heterocycles. The van der Waals surface area contributed by atoms with Crippen molar-refractivity contribution in [3.63, 3.8) is 0 Å². The van der Waals surface area contributed by atoms with Crippen molar-refractivity contribution in [1.82, 2.24) is 24.9 Å². The highest BCUT2D eigenvalue weighted by molar-refractivity contribution is 5.78. The minimum atomic E-state index is -0.139. The molecule has 0 aromatic carbocycles. The van der Waals surface area contributed by atoms with Gasteiger partial charge in [0.1, 0.15) is 6.04 Å². The van der Waals surface area contributed by atoms with Crippen LogP contribution in [0, 0.1) is 0 Å². The summed E-state index contributed by atoms with van der Waals surface area (Å²) in [4.78, 5) is 25.5. The normalized spacial score (nSPS) is 21.7. The summed E-state index contributed by atoms with van der Waals surface area (Å²) < 4.78 is 10.9. The molecule has 26 heavy (non-hydrogen) atoms. The molecule has 2 aliphatic heterocycles. The van der Waals surface area contributed by atoms with Gasteiger partial charge in [-0.05, 0) is 31.4 Å². The van der Waals surface area contributed by atoms with Crippen LogP contribution in [0.5, 0.6) is 0 Å². The second-order valence-electron chi connectivity index (χ2n) is 6.68. The molecule has 0 spiro atoms. The Morgan fingerprint density at radius 3 is 2.77 bits per heavy atom. The maximum atomic E-state index is 12.9. The highest BCUT2D eigenvalue weighted by Crippen LogP contribution is 2.31. The first kappa shape index (κ1) is 17.1. The number of pyridine rings is 1. The summed E-state index contributed by atoms with van der Waals surface area (Å²) in [6, 6.07) is 3.55. The van der Waals surface area contributed by atoms with Crippen molar-refractivity contribution in [2.45, 2.75) is 25.3 Å². The van der Waals surface area contributed by atoms with Crippen molar-refractivity contribution < 1.29 is 14.1 Å². The summed E-state index contributed by atoms with van der Waals surface area (Å²) in [6.45, 7) is 4.14. The van der Waals surface area contributed by atoms with Gasteiger partial charge in [0.25, 0.3) is 0 Å². The van der Waals surface area contributed by atoms with Crippen LogP contribution in [-0.4, -0.2) is 70.2 Å². The molecule has 0 unspecified atom stereocenters. The maximum Gasteiger partial charge on any atom is 0.249 e. The molecule has 4 heterocycles. The van der Waals surface area contributed by atoms with Crippen LogP contribution < -0.4 is 0 Å². The zero-order valence-corrected chi connectivity index (χ0v) is 14.7. The molecule has 2 saturated heterocycles. The number of morpholine rings is 1. The number of ether oxygens (including phenoxy) is 1. The Hall–Kier alpha value is -2.32. The van der Waals surface area contributed by atoms with E-state index in [0.29, 0.717) is 31.5 Å². The smallest absolute Gasteiger partial charge is 0.249 e. The van der Waals surface area contributed by atoms with E-state index in [4.69, 9.17) is 9.26 Å². The third kappa shape index (κ3) is 3.76. The molecule has 1 atom stereocenters. The monoisotopic (exact) mass is 357 g/mol. The van der Waals surface area contributed by atoms with E-state index in [9.17, 15) is 4.79 Å². The average molecular weight is 357 g/mol. The first-order chi connectivity index (χ1) is 12.8. The topological polar surface area (TPSA) is 84.6 Å². The quantitative estimate of drug-likeness (QED) is 0.820. The number of likely N-dealkylation sites (tertiary alicyclic amines) is 1. The molecule has 138 valence electrons. The van der Waals surface area contributed by atoms with Crippen LogP contribution >= 0.6 is 0 Å². The standard InChI is InChI=1S/C18H23N5O3/c24-16(13-22-9-11-25-12-10-22)23-8-2-1-3-15(23)18-20-17(21-26-18)14-4-6-19-7-5-14/h4-7,15H,1-3,8-13H2/t15-/m0/s1. The molecular weight excluding hydrogens is 334 g/mol. The SMILES string of the molecule is O=C(CN1CCOCC1)N1CCCC[C@H]1c1nc(-c2ccncc2)no1. The highest BCUT2D eigenvalue weighted by Gasteiger charge is 2.33. The number of aromatic nitrogens is 3. The summed E-state index contributed by atoms with van der Waals surface area (Å²) in [5.41, 5.74) is 0.858. The third-order valence-corrected chi connectivity index (χ3v) is 4.95. The van der Waals surface area contributed by atoms with Crippen LogP contribution in [0.15, 0.2) is 29.0 Å². The van der Waals surface area contributed by atoms with Crippen molar-refractivity contribution in [3.8, 4) is 11.4 Å². The number of amides is 1. The molecule has 8 nitrogen and oxygen atoms in total. The lowest BCUT2D eigenvalue weighted by Gasteiger charge is -2.35. The Kier molecular flexibility index (Phi) is 5.21. The number of nitrogens with zero attached hydrogens (tertiary/aromatic N) is 5. The van der Waals surface area contributed by atoms with Crippen LogP contribution in [0.2, 0.25) is 0 Å². The lowest BCUT2D eigenvalue weighted by Crippen LogP contribution is -2.47. The minimum absolute atomic E-state index is 0.125. The van der Waals surface area contributed by atoms with Crippen LogP contribution in [-0.2, 0) is 9.53 Å². The Morgan fingerprint density at radius 2 is 1.96 bits per heavy atom. The highest BCUT2D eigenvalue weighted by atomic mass is 16.5. The molecule has 1 amide bonds. The van der Waals surface area contributed by atoms with E-state index in [2.05, 4.69) is 20.0 Å². The summed E-state index contributed by atoms with van der Waals surface area (Å²) in [7, 11) is 0. The summed E-state index contributed by atoms with van der Waals surface area (Å²) in [5.74, 6) is 1.18. The Labute approximate surface area is 152 Å². The van der Waals surface area contributed by atoms with Gasteiger partial charge in [0.05, 0.1) is 19.8 Å². The predicted octanol–water partition coefficient (Wildman–Crippen LogP) is 1.52. The Bertz CT molecular complexity index is 729. The fraction of sp³-hybridized carbons (Fsp3) is 0.556. The van der Waals surface area contributed by atoms with Gasteiger partial charge in [-0.2, -0.15) is 4.98 Å². The first-order valence-electron chi connectivity index (χ1n) is 9.15. The molecule has 2 aliphatic rings.